The summed E-state index contributed by atoms with van der Waals surface area (Å²) in [6.45, 7) is 7.01. The Labute approximate surface area is 95.7 Å². The summed E-state index contributed by atoms with van der Waals surface area (Å²) in [6.07, 6.45) is -0.624. The highest BCUT2D eigenvalue weighted by molar-refractivity contribution is 5.92. The molecule has 1 unspecified atom stereocenters. The lowest BCUT2D eigenvalue weighted by Gasteiger charge is -2.29. The Balaban J connectivity index is 2.81. The van der Waals surface area contributed by atoms with Crippen molar-refractivity contribution in [2.45, 2.75) is 39.3 Å². The number of nitrogens with one attached hydrogen (secondary N) is 1. The second-order valence-corrected chi connectivity index (χ2v) is 4.52. The molecule has 0 fully saturated rings. The van der Waals surface area contributed by atoms with Crippen molar-refractivity contribution < 1.29 is 9.90 Å². The summed E-state index contributed by atoms with van der Waals surface area (Å²) in [4.78, 5) is 16.0. The van der Waals surface area contributed by atoms with E-state index in [2.05, 4.69) is 10.3 Å². The number of pyridine rings is 1. The number of nitrogens with zero attached hydrogens (tertiary/aromatic N) is 1. The third-order valence-corrected chi connectivity index (χ3v) is 2.60. The lowest BCUT2D eigenvalue weighted by molar-refractivity contribution is 0.0705. The number of hydrogen-bond acceptors (Lipinski definition) is 3. The van der Waals surface area contributed by atoms with Gasteiger partial charge in [0, 0.05) is 5.69 Å². The summed E-state index contributed by atoms with van der Waals surface area (Å²) in [5, 5.41) is 12.2. The Morgan fingerprint density at radius 2 is 2.12 bits per heavy atom. The second kappa shape index (κ2) is 4.61. The smallest absolute Gasteiger partial charge is 0.270 e. The van der Waals surface area contributed by atoms with Crippen LogP contribution in [0.1, 0.15) is 37.0 Å². The minimum absolute atomic E-state index is 0.269. The van der Waals surface area contributed by atoms with Crippen LogP contribution in [0.3, 0.4) is 0 Å². The highest BCUT2D eigenvalue weighted by Gasteiger charge is 2.26. The van der Waals surface area contributed by atoms with E-state index in [1.54, 1.807) is 32.9 Å². The van der Waals surface area contributed by atoms with Gasteiger partial charge in [0.05, 0.1) is 11.6 Å². The van der Waals surface area contributed by atoms with Crippen molar-refractivity contribution in [2.75, 3.05) is 0 Å². The van der Waals surface area contributed by atoms with E-state index in [0.29, 0.717) is 5.69 Å². The molecule has 4 nitrogen and oxygen atoms in total. The minimum Gasteiger partial charge on any atom is -0.391 e. The van der Waals surface area contributed by atoms with Crippen molar-refractivity contribution in [1.29, 1.82) is 0 Å². The number of carbonyl (C=O) groups excluding carboxylic acids is 1. The fourth-order valence-corrected chi connectivity index (χ4v) is 1.13. The van der Waals surface area contributed by atoms with Crippen LogP contribution in [0, 0.1) is 6.92 Å². The number of amides is 1. The standard InChI is InChI=1S/C12H18N2O2/c1-8-6-5-7-10(13-8)11(16)14-12(3,4)9(2)15/h5-7,9,15H,1-4H3,(H,14,16). The normalized spacial score (nSPS) is 13.3. The molecule has 1 aromatic rings. The van der Waals surface area contributed by atoms with Crippen molar-refractivity contribution in [3.05, 3.63) is 29.6 Å². The molecule has 16 heavy (non-hydrogen) atoms. The van der Waals surface area contributed by atoms with Crippen LogP contribution in [-0.2, 0) is 0 Å². The van der Waals surface area contributed by atoms with Gasteiger partial charge in [0.25, 0.3) is 5.91 Å². The van der Waals surface area contributed by atoms with Crippen LogP contribution in [-0.4, -0.2) is 27.6 Å². The van der Waals surface area contributed by atoms with Gasteiger partial charge in [-0.3, -0.25) is 4.79 Å². The lowest BCUT2D eigenvalue weighted by atomic mass is 9.98. The maximum atomic E-state index is 11.8. The first-order valence-corrected chi connectivity index (χ1v) is 5.27. The van der Waals surface area contributed by atoms with E-state index in [1.807, 2.05) is 13.0 Å². The molecule has 2 N–H and O–H groups in total. The van der Waals surface area contributed by atoms with Gasteiger partial charge in [-0.15, -0.1) is 0 Å². The Morgan fingerprint density at radius 1 is 1.50 bits per heavy atom. The summed E-state index contributed by atoms with van der Waals surface area (Å²) in [6, 6.07) is 5.27. The van der Waals surface area contributed by atoms with Crippen molar-refractivity contribution in [2.24, 2.45) is 0 Å². The zero-order valence-electron chi connectivity index (χ0n) is 10.1. The molecule has 0 aromatic carbocycles. The summed E-state index contributed by atoms with van der Waals surface area (Å²) in [5.74, 6) is -0.269. The first-order valence-electron chi connectivity index (χ1n) is 5.27. The fraction of sp³-hybridized carbons (Fsp3) is 0.500. The van der Waals surface area contributed by atoms with E-state index in [1.165, 1.54) is 0 Å². The molecule has 4 heteroatoms. The van der Waals surface area contributed by atoms with E-state index in [0.717, 1.165) is 5.69 Å². The minimum atomic E-state index is -0.664. The first-order chi connectivity index (χ1) is 7.33. The van der Waals surface area contributed by atoms with Crippen LogP contribution < -0.4 is 5.32 Å². The van der Waals surface area contributed by atoms with Crippen LogP contribution in [0.5, 0.6) is 0 Å². The molecule has 1 aromatic heterocycles. The van der Waals surface area contributed by atoms with E-state index >= 15 is 0 Å². The molecule has 0 radical (unpaired) electrons. The zero-order chi connectivity index (χ0) is 12.3. The van der Waals surface area contributed by atoms with Crippen LogP contribution in [0.25, 0.3) is 0 Å². The van der Waals surface area contributed by atoms with Gasteiger partial charge in [0.2, 0.25) is 0 Å². The number of aromatic nitrogens is 1. The molecule has 0 spiro atoms. The fourth-order valence-electron chi connectivity index (χ4n) is 1.13. The Bertz CT molecular complexity index is 386. The molecular formula is C12H18N2O2. The number of aliphatic hydroxyl groups is 1. The van der Waals surface area contributed by atoms with E-state index < -0.39 is 11.6 Å². The average molecular weight is 222 g/mol. The molecule has 1 atom stereocenters. The molecule has 0 bridgehead atoms. The third-order valence-electron chi connectivity index (χ3n) is 2.60. The summed E-state index contributed by atoms with van der Waals surface area (Å²) in [5.41, 5.74) is 0.499. The summed E-state index contributed by atoms with van der Waals surface area (Å²) >= 11 is 0. The van der Waals surface area contributed by atoms with Crippen molar-refractivity contribution in [3.63, 3.8) is 0 Å². The maximum Gasteiger partial charge on any atom is 0.270 e. The van der Waals surface area contributed by atoms with Gasteiger partial charge in [0.15, 0.2) is 0 Å². The Hall–Kier alpha value is -1.42. The van der Waals surface area contributed by atoms with E-state index in [9.17, 15) is 9.90 Å². The topological polar surface area (TPSA) is 62.2 Å². The van der Waals surface area contributed by atoms with Crippen LogP contribution >= 0.6 is 0 Å². The molecule has 1 amide bonds. The van der Waals surface area contributed by atoms with Crippen LogP contribution in [0.15, 0.2) is 18.2 Å². The number of carbonyl (C=O) groups is 1. The molecule has 88 valence electrons. The van der Waals surface area contributed by atoms with Crippen molar-refractivity contribution in [1.82, 2.24) is 10.3 Å². The predicted molar refractivity (Wildman–Crippen MR) is 62.2 cm³/mol. The number of hydrogen-bond donors (Lipinski definition) is 2. The van der Waals surface area contributed by atoms with Crippen molar-refractivity contribution in [3.8, 4) is 0 Å². The zero-order valence-corrected chi connectivity index (χ0v) is 10.1. The Morgan fingerprint density at radius 3 is 2.62 bits per heavy atom. The van der Waals surface area contributed by atoms with E-state index in [-0.39, 0.29) is 5.91 Å². The van der Waals surface area contributed by atoms with Gasteiger partial charge < -0.3 is 10.4 Å². The molecule has 1 rings (SSSR count). The van der Waals surface area contributed by atoms with Crippen LogP contribution in [0.4, 0.5) is 0 Å². The van der Waals surface area contributed by atoms with Gasteiger partial charge >= 0.3 is 0 Å². The van der Waals surface area contributed by atoms with Gasteiger partial charge in [-0.05, 0) is 39.8 Å². The SMILES string of the molecule is Cc1cccc(C(=O)NC(C)(C)C(C)O)n1. The third kappa shape index (κ3) is 3.03. The number of rotatable bonds is 3. The molecule has 0 aliphatic rings. The summed E-state index contributed by atoms with van der Waals surface area (Å²) in [7, 11) is 0. The molecule has 0 saturated heterocycles. The van der Waals surface area contributed by atoms with Crippen molar-refractivity contribution >= 4 is 5.91 Å². The van der Waals surface area contributed by atoms with Gasteiger partial charge in [-0.25, -0.2) is 4.98 Å². The number of aryl methyl sites for hydroxylation is 1. The largest absolute Gasteiger partial charge is 0.391 e. The second-order valence-electron chi connectivity index (χ2n) is 4.52. The molecule has 0 saturated carbocycles. The number of aliphatic hydroxyl groups excluding tert-OH is 1. The molecular weight excluding hydrogens is 204 g/mol. The first kappa shape index (κ1) is 12.6. The van der Waals surface area contributed by atoms with Gasteiger partial charge in [0.1, 0.15) is 5.69 Å². The molecule has 1 heterocycles. The van der Waals surface area contributed by atoms with Gasteiger partial charge in [-0.2, -0.15) is 0 Å². The average Bonchev–Trinajstić information content (AvgIpc) is 2.16. The van der Waals surface area contributed by atoms with Gasteiger partial charge in [-0.1, -0.05) is 6.07 Å². The van der Waals surface area contributed by atoms with Crippen LogP contribution in [0.2, 0.25) is 0 Å². The highest BCUT2D eigenvalue weighted by atomic mass is 16.3. The Kier molecular flexibility index (Phi) is 3.65. The van der Waals surface area contributed by atoms with E-state index in [4.69, 9.17) is 0 Å². The quantitative estimate of drug-likeness (QED) is 0.809. The maximum absolute atomic E-state index is 11.8. The predicted octanol–water partition coefficient (Wildman–Crippen LogP) is 1.28. The highest BCUT2D eigenvalue weighted by Crippen LogP contribution is 2.09. The molecule has 0 aliphatic carbocycles. The monoisotopic (exact) mass is 222 g/mol. The lowest BCUT2D eigenvalue weighted by Crippen LogP contribution is -2.51. The summed E-state index contributed by atoms with van der Waals surface area (Å²) < 4.78 is 0. The molecule has 0 aliphatic heterocycles.